The number of nitrogens with one attached hydrogen (secondary N) is 1. The zero-order chi connectivity index (χ0) is 25.2. The Balaban J connectivity index is 1.78. The van der Waals surface area contributed by atoms with Crippen molar-refractivity contribution in [3.05, 3.63) is 72.4 Å². The Morgan fingerprint density at radius 1 is 1.11 bits per heavy atom. The van der Waals surface area contributed by atoms with Gasteiger partial charge in [-0.3, -0.25) is 4.79 Å². The second-order valence-corrected chi connectivity index (χ2v) is 10.5. The topological polar surface area (TPSA) is 95.9 Å². The number of carbonyl (C=O) groups excluding carboxylic acids is 2. The zero-order valence-electron chi connectivity index (χ0n) is 20.6. The first-order valence-electron chi connectivity index (χ1n) is 12.7. The SMILES string of the molecule is C=C1[C@@H](C)[C@H]2[C@H](Cc3ccccc3)NC(=O)[C@]23OC(=O)/C=C\[C@@H](O)CCC[C@@H](C)C/C=C\[C@H]3[C@@H]1O. The van der Waals surface area contributed by atoms with Crippen LogP contribution in [0, 0.1) is 23.7 Å². The summed E-state index contributed by atoms with van der Waals surface area (Å²) in [5.74, 6) is -2.13. The van der Waals surface area contributed by atoms with Crippen LogP contribution in [0.1, 0.15) is 45.1 Å². The Labute approximate surface area is 207 Å². The summed E-state index contributed by atoms with van der Waals surface area (Å²) in [6, 6.07) is 9.59. The lowest BCUT2D eigenvalue weighted by Gasteiger charge is -2.49. The molecular weight excluding hydrogens is 442 g/mol. The summed E-state index contributed by atoms with van der Waals surface area (Å²) < 4.78 is 6.05. The first kappa shape index (κ1) is 25.4. The number of amides is 1. The Bertz CT molecular complexity index is 1000. The van der Waals surface area contributed by atoms with Crippen LogP contribution in [0.2, 0.25) is 0 Å². The number of benzene rings is 1. The van der Waals surface area contributed by atoms with E-state index in [-0.39, 0.29) is 17.9 Å². The Hall–Kier alpha value is -2.70. The fourth-order valence-corrected chi connectivity index (χ4v) is 6.09. The van der Waals surface area contributed by atoms with E-state index >= 15 is 0 Å². The van der Waals surface area contributed by atoms with Gasteiger partial charge in [0.15, 0.2) is 0 Å². The summed E-state index contributed by atoms with van der Waals surface area (Å²) in [5, 5.41) is 24.7. The molecule has 0 aromatic heterocycles. The molecule has 1 saturated carbocycles. The minimum atomic E-state index is -1.57. The first-order valence-corrected chi connectivity index (χ1v) is 12.7. The molecule has 0 bridgehead atoms. The molecule has 6 nitrogen and oxygen atoms in total. The maximum Gasteiger partial charge on any atom is 0.331 e. The Morgan fingerprint density at radius 3 is 2.60 bits per heavy atom. The van der Waals surface area contributed by atoms with Gasteiger partial charge in [0, 0.05) is 18.0 Å². The van der Waals surface area contributed by atoms with Crippen molar-refractivity contribution in [1.29, 1.82) is 0 Å². The first-order chi connectivity index (χ1) is 16.7. The number of hydrogen-bond acceptors (Lipinski definition) is 5. The number of hydrogen-bond donors (Lipinski definition) is 3. The quantitative estimate of drug-likeness (QED) is 0.446. The molecule has 1 aromatic carbocycles. The van der Waals surface area contributed by atoms with Crippen LogP contribution in [-0.4, -0.2) is 45.9 Å². The smallest absolute Gasteiger partial charge is 0.331 e. The molecule has 2 fully saturated rings. The van der Waals surface area contributed by atoms with Crippen LogP contribution in [0.15, 0.2) is 66.8 Å². The zero-order valence-corrected chi connectivity index (χ0v) is 20.6. The van der Waals surface area contributed by atoms with Crippen molar-refractivity contribution in [1.82, 2.24) is 5.32 Å². The van der Waals surface area contributed by atoms with Crippen molar-refractivity contribution in [3.8, 4) is 0 Å². The lowest BCUT2D eigenvalue weighted by Crippen LogP contribution is -2.61. The predicted molar refractivity (Wildman–Crippen MR) is 134 cm³/mol. The van der Waals surface area contributed by atoms with Crippen molar-refractivity contribution in [2.45, 2.75) is 69.8 Å². The number of aliphatic hydroxyl groups is 2. The maximum atomic E-state index is 13.7. The molecule has 1 aromatic rings. The number of allylic oxidation sites excluding steroid dienone is 1. The summed E-state index contributed by atoms with van der Waals surface area (Å²) in [5.41, 5.74) is 0.136. The molecule has 4 rings (SSSR count). The molecule has 188 valence electrons. The highest BCUT2D eigenvalue weighted by atomic mass is 16.6. The minimum Gasteiger partial charge on any atom is -0.445 e. The van der Waals surface area contributed by atoms with Gasteiger partial charge in [0.05, 0.1) is 18.1 Å². The molecule has 6 heteroatoms. The Kier molecular flexibility index (Phi) is 7.62. The normalized spacial score (nSPS) is 40.0. The molecule has 3 N–H and O–H groups in total. The van der Waals surface area contributed by atoms with E-state index in [0.29, 0.717) is 24.3 Å². The third-order valence-electron chi connectivity index (χ3n) is 8.04. The molecule has 0 radical (unpaired) electrons. The molecule has 1 amide bonds. The van der Waals surface area contributed by atoms with Crippen molar-refractivity contribution in [3.63, 3.8) is 0 Å². The van der Waals surface area contributed by atoms with Gasteiger partial charge in [-0.2, -0.15) is 0 Å². The fraction of sp³-hybridized carbons (Fsp3) is 0.517. The second-order valence-electron chi connectivity index (χ2n) is 10.5. The van der Waals surface area contributed by atoms with E-state index in [1.807, 2.05) is 49.4 Å². The van der Waals surface area contributed by atoms with Crippen molar-refractivity contribution in [2.24, 2.45) is 23.7 Å². The summed E-state index contributed by atoms with van der Waals surface area (Å²) in [7, 11) is 0. The number of ether oxygens (including phenoxy) is 1. The van der Waals surface area contributed by atoms with Gasteiger partial charge in [-0.15, -0.1) is 0 Å². The largest absolute Gasteiger partial charge is 0.445 e. The summed E-state index contributed by atoms with van der Waals surface area (Å²) >= 11 is 0. The number of esters is 1. The van der Waals surface area contributed by atoms with Crippen LogP contribution in [-0.2, 0) is 20.7 Å². The molecule has 1 aliphatic carbocycles. The van der Waals surface area contributed by atoms with Crippen LogP contribution in [0.3, 0.4) is 0 Å². The lowest BCUT2D eigenvalue weighted by molar-refractivity contribution is -0.182. The summed E-state index contributed by atoms with van der Waals surface area (Å²) in [6.45, 7) is 8.27. The van der Waals surface area contributed by atoms with Gasteiger partial charge < -0.3 is 20.3 Å². The molecule has 35 heavy (non-hydrogen) atoms. The molecule has 2 aliphatic heterocycles. The van der Waals surface area contributed by atoms with Crippen LogP contribution in [0.5, 0.6) is 0 Å². The molecule has 8 atom stereocenters. The highest BCUT2D eigenvalue weighted by Crippen LogP contribution is 2.52. The number of rotatable bonds is 2. The van der Waals surface area contributed by atoms with Crippen LogP contribution in [0.25, 0.3) is 0 Å². The number of carbonyl (C=O) groups is 2. The fourth-order valence-electron chi connectivity index (χ4n) is 6.09. The molecule has 3 aliphatic rings. The van der Waals surface area contributed by atoms with E-state index in [1.165, 1.54) is 12.2 Å². The third-order valence-corrected chi connectivity index (χ3v) is 8.04. The maximum absolute atomic E-state index is 13.7. The average molecular weight is 480 g/mol. The predicted octanol–water partition coefficient (Wildman–Crippen LogP) is 3.49. The summed E-state index contributed by atoms with van der Waals surface area (Å²) in [6.07, 6.45) is 8.39. The van der Waals surface area contributed by atoms with E-state index in [1.54, 1.807) is 0 Å². The van der Waals surface area contributed by atoms with Gasteiger partial charge in [0.1, 0.15) is 0 Å². The van der Waals surface area contributed by atoms with Crippen molar-refractivity contribution >= 4 is 11.9 Å². The van der Waals surface area contributed by atoms with Gasteiger partial charge in [0.25, 0.3) is 5.91 Å². The van der Waals surface area contributed by atoms with Crippen molar-refractivity contribution < 1.29 is 24.5 Å². The van der Waals surface area contributed by atoms with Crippen LogP contribution < -0.4 is 5.32 Å². The van der Waals surface area contributed by atoms with E-state index in [9.17, 15) is 19.8 Å². The monoisotopic (exact) mass is 479 g/mol. The lowest BCUT2D eigenvalue weighted by atomic mass is 9.59. The molecule has 1 saturated heterocycles. The highest BCUT2D eigenvalue weighted by molar-refractivity contribution is 5.94. The summed E-state index contributed by atoms with van der Waals surface area (Å²) in [4.78, 5) is 26.8. The van der Waals surface area contributed by atoms with Gasteiger partial charge in [-0.1, -0.05) is 75.8 Å². The molecule has 0 unspecified atom stereocenters. The van der Waals surface area contributed by atoms with Gasteiger partial charge in [0.2, 0.25) is 5.60 Å². The van der Waals surface area contributed by atoms with Gasteiger partial charge in [-0.25, -0.2) is 4.79 Å². The van der Waals surface area contributed by atoms with E-state index in [4.69, 9.17) is 4.74 Å². The standard InChI is InChI=1S/C29H37NO5/c1-18-9-7-13-22(31)15-16-25(32)35-29-23(14-8-10-18)27(33)20(3)19(2)26(29)24(30-28(29)34)17-21-11-5-4-6-12-21/h4-6,8,11-12,14-16,18-19,22-24,26-27,31,33H,3,7,9-10,13,17H2,1-2H3,(H,30,34)/b14-8-,16-15-/t18-,19-,22+,23+,24+,26+,27-,29-/m1/s1. The third kappa shape index (κ3) is 5.00. The highest BCUT2D eigenvalue weighted by Gasteiger charge is 2.67. The van der Waals surface area contributed by atoms with Gasteiger partial charge in [-0.05, 0) is 48.3 Å². The van der Waals surface area contributed by atoms with Gasteiger partial charge >= 0.3 is 5.97 Å². The average Bonchev–Trinajstić information content (AvgIpc) is 3.09. The van der Waals surface area contributed by atoms with E-state index < -0.39 is 35.6 Å². The molecule has 2 heterocycles. The van der Waals surface area contributed by atoms with E-state index in [2.05, 4.69) is 18.8 Å². The van der Waals surface area contributed by atoms with Crippen LogP contribution in [0.4, 0.5) is 0 Å². The second kappa shape index (κ2) is 10.5. The van der Waals surface area contributed by atoms with Crippen LogP contribution >= 0.6 is 0 Å². The number of aliphatic hydroxyl groups excluding tert-OH is 2. The van der Waals surface area contributed by atoms with Crippen molar-refractivity contribution in [2.75, 3.05) is 0 Å². The Morgan fingerprint density at radius 2 is 1.86 bits per heavy atom. The minimum absolute atomic E-state index is 0.262. The van der Waals surface area contributed by atoms with E-state index in [0.717, 1.165) is 24.8 Å². The molecular formula is C29H37NO5. The molecule has 1 spiro atoms.